The van der Waals surface area contributed by atoms with Gasteiger partial charge < -0.3 is 9.16 Å². The third-order valence-electron chi connectivity index (χ3n) is 3.58. The van der Waals surface area contributed by atoms with Gasteiger partial charge in [-0.1, -0.05) is 26.8 Å². The van der Waals surface area contributed by atoms with Crippen LogP contribution in [-0.2, 0) is 10.2 Å². The molecule has 0 spiro atoms. The van der Waals surface area contributed by atoms with Gasteiger partial charge in [-0.05, 0) is 30.3 Å². The second-order valence-electron chi connectivity index (χ2n) is 6.09. The highest BCUT2D eigenvalue weighted by Crippen LogP contribution is 2.41. The van der Waals surface area contributed by atoms with Crippen molar-refractivity contribution in [1.82, 2.24) is 0 Å². The molecule has 0 fully saturated rings. The summed E-state index contributed by atoms with van der Waals surface area (Å²) in [6.45, 7) is 9.97. The van der Waals surface area contributed by atoms with Crippen molar-refractivity contribution in [3.63, 3.8) is 0 Å². The van der Waals surface area contributed by atoms with E-state index in [-0.39, 0.29) is 16.5 Å². The molecule has 0 aliphatic rings. The maximum Gasteiger partial charge on any atom is 0.339 e. The topological polar surface area (TPSA) is 52.6 Å². The maximum absolute atomic E-state index is 13.5. The summed E-state index contributed by atoms with van der Waals surface area (Å²) in [5.74, 6) is -0.0397. The summed E-state index contributed by atoms with van der Waals surface area (Å²) in [5, 5.41) is -0.132. The normalized spacial score (nSPS) is 13.2. The fraction of sp³-hybridized carbons (Fsp3) is 0.538. The van der Waals surface area contributed by atoms with Gasteiger partial charge in [0.15, 0.2) is 4.90 Å². The Labute approximate surface area is 121 Å². The van der Waals surface area contributed by atoms with Gasteiger partial charge in [0, 0.05) is 0 Å². The van der Waals surface area contributed by atoms with Crippen molar-refractivity contribution in [3.8, 4) is 11.5 Å². The molecule has 4 nitrogen and oxygen atoms in total. The van der Waals surface area contributed by atoms with E-state index in [1.165, 1.54) is 19.2 Å². The molecule has 0 aromatic heterocycles. The van der Waals surface area contributed by atoms with Crippen LogP contribution in [0.2, 0.25) is 18.1 Å². The van der Waals surface area contributed by atoms with Crippen molar-refractivity contribution >= 4 is 18.5 Å². The zero-order valence-electron chi connectivity index (χ0n) is 12.7. The quantitative estimate of drug-likeness (QED) is 0.626. The van der Waals surface area contributed by atoms with E-state index in [1.807, 2.05) is 33.9 Å². The largest absolute Gasteiger partial charge is 0.542 e. The SMILES string of the molecule is COc1cccc(O[Si](C)(C)C(C)(C)C)c1S(=O)(=O)F. The molecule has 0 heterocycles. The zero-order chi connectivity index (χ0) is 15.8. The van der Waals surface area contributed by atoms with Crippen LogP contribution in [-0.4, -0.2) is 23.8 Å². The molecule has 0 atom stereocenters. The van der Waals surface area contributed by atoms with E-state index in [0.29, 0.717) is 0 Å². The summed E-state index contributed by atoms with van der Waals surface area (Å²) in [4.78, 5) is -0.535. The average molecular weight is 320 g/mol. The van der Waals surface area contributed by atoms with Gasteiger partial charge in [0.2, 0.25) is 0 Å². The van der Waals surface area contributed by atoms with Crippen LogP contribution < -0.4 is 9.16 Å². The monoisotopic (exact) mass is 320 g/mol. The molecule has 1 rings (SSSR count). The highest BCUT2D eigenvalue weighted by molar-refractivity contribution is 7.86. The Morgan fingerprint density at radius 3 is 2.05 bits per heavy atom. The molecular formula is C13H21FO4SSi. The van der Waals surface area contributed by atoms with Crippen LogP contribution in [0.25, 0.3) is 0 Å². The summed E-state index contributed by atoms with van der Waals surface area (Å²) in [5.41, 5.74) is 0. The molecule has 0 amide bonds. The van der Waals surface area contributed by atoms with E-state index in [0.717, 1.165) is 0 Å². The predicted molar refractivity (Wildman–Crippen MR) is 79.1 cm³/mol. The summed E-state index contributed by atoms with van der Waals surface area (Å²) >= 11 is 0. The Morgan fingerprint density at radius 2 is 1.65 bits per heavy atom. The molecule has 0 aliphatic heterocycles. The molecule has 0 N–H and O–H groups in total. The molecule has 0 unspecified atom stereocenters. The Morgan fingerprint density at radius 1 is 1.15 bits per heavy atom. The minimum Gasteiger partial charge on any atom is -0.542 e. The molecule has 0 aliphatic carbocycles. The third-order valence-corrected chi connectivity index (χ3v) is 8.81. The summed E-state index contributed by atoms with van der Waals surface area (Å²) in [6, 6.07) is 4.43. The fourth-order valence-electron chi connectivity index (χ4n) is 1.41. The van der Waals surface area contributed by atoms with E-state index in [2.05, 4.69) is 0 Å². The molecule has 1 aromatic carbocycles. The third kappa shape index (κ3) is 3.52. The Kier molecular flexibility index (Phi) is 4.55. The first-order chi connectivity index (χ1) is 8.90. The van der Waals surface area contributed by atoms with Crippen molar-refractivity contribution < 1.29 is 21.5 Å². The fourth-order valence-corrected chi connectivity index (χ4v) is 3.25. The highest BCUT2D eigenvalue weighted by Gasteiger charge is 2.40. The van der Waals surface area contributed by atoms with Crippen molar-refractivity contribution in [1.29, 1.82) is 0 Å². The number of ether oxygens (including phenoxy) is 1. The standard InChI is InChI=1S/C13H21FO4SSi/c1-13(2,3)20(5,6)18-11-9-7-8-10(17-4)12(11)19(14,15)16/h7-9H,1-6H3. The second kappa shape index (κ2) is 5.36. The van der Waals surface area contributed by atoms with Crippen LogP contribution in [0.15, 0.2) is 23.1 Å². The van der Waals surface area contributed by atoms with Gasteiger partial charge in [0.25, 0.3) is 8.32 Å². The van der Waals surface area contributed by atoms with Crippen LogP contribution >= 0.6 is 0 Å². The van der Waals surface area contributed by atoms with E-state index >= 15 is 0 Å². The zero-order valence-corrected chi connectivity index (χ0v) is 14.5. The van der Waals surface area contributed by atoms with Crippen molar-refractivity contribution in [3.05, 3.63) is 18.2 Å². The Hall–Kier alpha value is -1.08. The van der Waals surface area contributed by atoms with Gasteiger partial charge in [-0.2, -0.15) is 8.42 Å². The van der Waals surface area contributed by atoms with Gasteiger partial charge in [-0.15, -0.1) is 3.89 Å². The van der Waals surface area contributed by atoms with Crippen LogP contribution in [0.3, 0.4) is 0 Å². The first kappa shape index (κ1) is 17.0. The van der Waals surface area contributed by atoms with E-state index < -0.39 is 23.4 Å². The lowest BCUT2D eigenvalue weighted by molar-refractivity contribution is 0.392. The van der Waals surface area contributed by atoms with Crippen LogP contribution in [0, 0.1) is 0 Å². The molecule has 0 saturated carbocycles. The lowest BCUT2D eigenvalue weighted by Crippen LogP contribution is -2.44. The van der Waals surface area contributed by atoms with Gasteiger partial charge >= 0.3 is 10.2 Å². The number of benzene rings is 1. The second-order valence-corrected chi connectivity index (χ2v) is 12.1. The lowest BCUT2D eigenvalue weighted by atomic mass is 10.2. The number of hydrogen-bond acceptors (Lipinski definition) is 4. The molecule has 0 bridgehead atoms. The Balaban J connectivity index is 3.41. The minimum atomic E-state index is -4.92. The van der Waals surface area contributed by atoms with Gasteiger partial charge in [-0.3, -0.25) is 0 Å². The van der Waals surface area contributed by atoms with E-state index in [1.54, 1.807) is 6.07 Å². The summed E-state index contributed by atoms with van der Waals surface area (Å²) in [6.07, 6.45) is 0. The van der Waals surface area contributed by atoms with Gasteiger partial charge in [0.1, 0.15) is 11.5 Å². The molecule has 0 saturated heterocycles. The maximum atomic E-state index is 13.5. The lowest BCUT2D eigenvalue weighted by Gasteiger charge is -2.36. The first-order valence-corrected chi connectivity index (χ1v) is 10.5. The van der Waals surface area contributed by atoms with E-state index in [9.17, 15) is 12.3 Å². The number of methoxy groups -OCH3 is 1. The van der Waals surface area contributed by atoms with Crippen molar-refractivity contribution in [2.75, 3.05) is 7.11 Å². The number of halogens is 1. The molecule has 1 aromatic rings. The number of rotatable bonds is 4. The smallest absolute Gasteiger partial charge is 0.339 e. The van der Waals surface area contributed by atoms with Crippen LogP contribution in [0.1, 0.15) is 20.8 Å². The minimum absolute atomic E-state index is 0.0124. The van der Waals surface area contributed by atoms with Gasteiger partial charge in [-0.25, -0.2) is 0 Å². The van der Waals surface area contributed by atoms with Crippen LogP contribution in [0.5, 0.6) is 11.5 Å². The predicted octanol–water partition coefficient (Wildman–Crippen LogP) is 3.74. The number of hydrogen-bond donors (Lipinski definition) is 0. The highest BCUT2D eigenvalue weighted by atomic mass is 32.3. The molecule has 7 heteroatoms. The molecule has 0 radical (unpaired) electrons. The molecular weight excluding hydrogens is 299 g/mol. The van der Waals surface area contributed by atoms with Gasteiger partial charge in [0.05, 0.1) is 7.11 Å². The summed E-state index contributed by atoms with van der Waals surface area (Å²) in [7, 11) is -5.91. The molecule has 20 heavy (non-hydrogen) atoms. The molecule has 114 valence electrons. The average Bonchev–Trinajstić information content (AvgIpc) is 2.24. The van der Waals surface area contributed by atoms with Crippen molar-refractivity contribution in [2.45, 2.75) is 43.8 Å². The van der Waals surface area contributed by atoms with Crippen LogP contribution in [0.4, 0.5) is 3.89 Å². The summed E-state index contributed by atoms with van der Waals surface area (Å²) < 4.78 is 47.1. The van der Waals surface area contributed by atoms with Crippen molar-refractivity contribution in [2.24, 2.45) is 0 Å². The first-order valence-electron chi connectivity index (χ1n) is 6.21. The van der Waals surface area contributed by atoms with E-state index in [4.69, 9.17) is 9.16 Å². The Bertz CT molecular complexity index is 591.